The maximum absolute atomic E-state index is 11.9. The Balaban J connectivity index is 2.77. The van der Waals surface area contributed by atoms with Gasteiger partial charge in [-0.3, -0.25) is 9.59 Å². The van der Waals surface area contributed by atoms with Crippen molar-refractivity contribution in [2.24, 2.45) is 5.92 Å². The highest BCUT2D eigenvalue weighted by molar-refractivity contribution is 5.81. The molecule has 0 aromatic heterocycles. The van der Waals surface area contributed by atoms with Crippen molar-refractivity contribution in [2.45, 2.75) is 40.7 Å². The third kappa shape index (κ3) is 4.37. The smallest absolute Gasteiger partial charge is 0.260 e. The maximum atomic E-state index is 11.9. The van der Waals surface area contributed by atoms with E-state index in [9.17, 15) is 9.59 Å². The van der Waals surface area contributed by atoms with Crippen molar-refractivity contribution in [3.63, 3.8) is 0 Å². The zero-order valence-corrected chi connectivity index (χ0v) is 12.8. The average molecular weight is 277 g/mol. The Morgan fingerprint density at radius 2 is 1.80 bits per heavy atom. The first kappa shape index (κ1) is 16.2. The molecule has 0 fully saturated rings. The van der Waals surface area contributed by atoms with Crippen molar-refractivity contribution < 1.29 is 14.3 Å². The van der Waals surface area contributed by atoms with Crippen molar-refractivity contribution in [1.29, 1.82) is 0 Å². The minimum atomic E-state index is -0.562. The molecule has 0 aliphatic carbocycles. The van der Waals surface area contributed by atoms with Gasteiger partial charge in [-0.2, -0.15) is 0 Å². The van der Waals surface area contributed by atoms with Crippen LogP contribution in [-0.2, 0) is 4.79 Å². The molecule has 1 aromatic rings. The molecule has 0 radical (unpaired) electrons. The van der Waals surface area contributed by atoms with E-state index in [2.05, 4.69) is 5.32 Å². The molecule has 1 atom stereocenters. The van der Waals surface area contributed by atoms with Crippen molar-refractivity contribution in [3.8, 4) is 5.75 Å². The molecule has 4 heteroatoms. The van der Waals surface area contributed by atoms with Crippen LogP contribution in [0.15, 0.2) is 12.1 Å². The van der Waals surface area contributed by atoms with Gasteiger partial charge in [0.1, 0.15) is 12.0 Å². The summed E-state index contributed by atoms with van der Waals surface area (Å²) in [7, 11) is 0. The van der Waals surface area contributed by atoms with Crippen LogP contribution in [0.1, 0.15) is 42.3 Å². The summed E-state index contributed by atoms with van der Waals surface area (Å²) >= 11 is 0. The van der Waals surface area contributed by atoms with E-state index in [1.807, 2.05) is 27.7 Å². The molecule has 0 saturated heterocycles. The van der Waals surface area contributed by atoms with E-state index in [1.165, 1.54) is 0 Å². The average Bonchev–Trinajstić information content (AvgIpc) is 2.39. The number of benzene rings is 1. The van der Waals surface area contributed by atoms with Crippen LogP contribution < -0.4 is 10.1 Å². The fraction of sp³-hybridized carbons (Fsp3) is 0.500. The predicted octanol–water partition coefficient (Wildman–Crippen LogP) is 2.66. The van der Waals surface area contributed by atoms with E-state index in [0.717, 1.165) is 17.4 Å². The number of hydrogen-bond donors (Lipinski definition) is 1. The number of carbonyl (C=O) groups is 2. The van der Waals surface area contributed by atoms with Gasteiger partial charge in [0.2, 0.25) is 0 Å². The molecular formula is C16H23NO3. The van der Waals surface area contributed by atoms with Crippen LogP contribution in [0.5, 0.6) is 5.75 Å². The van der Waals surface area contributed by atoms with Gasteiger partial charge in [0.15, 0.2) is 6.10 Å². The number of carbonyl (C=O) groups excluding carboxylic acids is 2. The normalized spacial score (nSPS) is 12.1. The Bertz CT molecular complexity index is 471. The van der Waals surface area contributed by atoms with Gasteiger partial charge in [0, 0.05) is 12.1 Å². The van der Waals surface area contributed by atoms with Crippen LogP contribution in [-0.4, -0.2) is 24.8 Å². The standard InChI is InChI=1S/C16H23NO3/c1-10(2)8-17-16(19)13(5)20-15-11(3)6-14(9-18)7-12(15)4/h6-7,9-10,13H,8H2,1-5H3,(H,17,19). The Morgan fingerprint density at radius 3 is 2.25 bits per heavy atom. The summed E-state index contributed by atoms with van der Waals surface area (Å²) in [4.78, 5) is 22.7. The summed E-state index contributed by atoms with van der Waals surface area (Å²) in [6, 6.07) is 3.52. The first-order valence-corrected chi connectivity index (χ1v) is 6.86. The Hall–Kier alpha value is -1.84. The van der Waals surface area contributed by atoms with Crippen molar-refractivity contribution >= 4 is 12.2 Å². The second-order valence-electron chi connectivity index (χ2n) is 5.50. The fourth-order valence-electron chi connectivity index (χ4n) is 1.92. The molecule has 1 aromatic carbocycles. The fourth-order valence-corrected chi connectivity index (χ4v) is 1.92. The van der Waals surface area contributed by atoms with Gasteiger partial charge >= 0.3 is 0 Å². The zero-order chi connectivity index (χ0) is 15.3. The van der Waals surface area contributed by atoms with Crippen LogP contribution >= 0.6 is 0 Å². The maximum Gasteiger partial charge on any atom is 0.260 e. The van der Waals surface area contributed by atoms with Gasteiger partial charge < -0.3 is 10.1 Å². The van der Waals surface area contributed by atoms with Crippen LogP contribution in [0, 0.1) is 19.8 Å². The number of hydrogen-bond acceptors (Lipinski definition) is 3. The summed E-state index contributed by atoms with van der Waals surface area (Å²) in [6.07, 6.45) is 0.246. The van der Waals surface area contributed by atoms with E-state index < -0.39 is 6.10 Å². The number of aldehydes is 1. The molecule has 1 N–H and O–H groups in total. The molecule has 4 nitrogen and oxygen atoms in total. The van der Waals surface area contributed by atoms with E-state index >= 15 is 0 Å². The molecule has 1 amide bonds. The molecule has 0 spiro atoms. The number of aryl methyl sites for hydroxylation is 2. The zero-order valence-electron chi connectivity index (χ0n) is 12.8. The lowest BCUT2D eigenvalue weighted by molar-refractivity contribution is -0.127. The summed E-state index contributed by atoms with van der Waals surface area (Å²) in [5.74, 6) is 0.946. The van der Waals surface area contributed by atoms with Crippen LogP contribution in [0.25, 0.3) is 0 Å². The Morgan fingerprint density at radius 1 is 1.25 bits per heavy atom. The lowest BCUT2D eigenvalue weighted by Gasteiger charge is -2.19. The molecule has 0 aliphatic rings. The first-order chi connectivity index (χ1) is 9.35. The second-order valence-corrected chi connectivity index (χ2v) is 5.50. The molecule has 20 heavy (non-hydrogen) atoms. The summed E-state index contributed by atoms with van der Waals surface area (Å²) in [5.41, 5.74) is 2.33. The summed E-state index contributed by atoms with van der Waals surface area (Å²) in [6.45, 7) is 10.2. The van der Waals surface area contributed by atoms with Crippen LogP contribution in [0.4, 0.5) is 0 Å². The Labute approximate surface area is 120 Å². The highest BCUT2D eigenvalue weighted by Crippen LogP contribution is 2.25. The van der Waals surface area contributed by atoms with Gasteiger partial charge in [0.05, 0.1) is 0 Å². The van der Waals surface area contributed by atoms with Crippen molar-refractivity contribution in [1.82, 2.24) is 5.32 Å². The third-order valence-electron chi connectivity index (χ3n) is 2.97. The highest BCUT2D eigenvalue weighted by Gasteiger charge is 2.17. The first-order valence-electron chi connectivity index (χ1n) is 6.86. The third-order valence-corrected chi connectivity index (χ3v) is 2.97. The van der Waals surface area contributed by atoms with Crippen LogP contribution in [0.2, 0.25) is 0 Å². The number of amides is 1. The van der Waals surface area contributed by atoms with Crippen LogP contribution in [0.3, 0.4) is 0 Å². The predicted molar refractivity (Wildman–Crippen MR) is 79.2 cm³/mol. The number of rotatable bonds is 6. The SMILES string of the molecule is Cc1cc(C=O)cc(C)c1OC(C)C(=O)NCC(C)C. The lowest BCUT2D eigenvalue weighted by Crippen LogP contribution is -2.38. The van der Waals surface area contributed by atoms with Gasteiger partial charge in [-0.15, -0.1) is 0 Å². The van der Waals surface area contributed by atoms with Gasteiger partial charge in [0.25, 0.3) is 5.91 Å². The van der Waals surface area contributed by atoms with E-state index in [4.69, 9.17) is 4.74 Å². The topological polar surface area (TPSA) is 55.4 Å². The number of ether oxygens (including phenoxy) is 1. The summed E-state index contributed by atoms with van der Waals surface area (Å²) in [5, 5.41) is 2.84. The molecule has 0 heterocycles. The molecule has 1 rings (SSSR count). The second kappa shape index (κ2) is 7.08. The van der Waals surface area contributed by atoms with E-state index in [-0.39, 0.29) is 5.91 Å². The Kier molecular flexibility index (Phi) is 5.74. The monoisotopic (exact) mass is 277 g/mol. The van der Waals surface area contributed by atoms with E-state index in [0.29, 0.717) is 23.8 Å². The lowest BCUT2D eigenvalue weighted by atomic mass is 10.1. The molecular weight excluding hydrogens is 254 g/mol. The highest BCUT2D eigenvalue weighted by atomic mass is 16.5. The quantitative estimate of drug-likeness (QED) is 0.813. The molecule has 0 aliphatic heterocycles. The molecule has 0 bridgehead atoms. The largest absolute Gasteiger partial charge is 0.480 e. The molecule has 110 valence electrons. The van der Waals surface area contributed by atoms with Crippen molar-refractivity contribution in [2.75, 3.05) is 6.54 Å². The summed E-state index contributed by atoms with van der Waals surface area (Å²) < 4.78 is 5.74. The minimum absolute atomic E-state index is 0.128. The van der Waals surface area contributed by atoms with Gasteiger partial charge in [-0.1, -0.05) is 13.8 Å². The minimum Gasteiger partial charge on any atom is -0.480 e. The van der Waals surface area contributed by atoms with Crippen molar-refractivity contribution in [3.05, 3.63) is 28.8 Å². The van der Waals surface area contributed by atoms with E-state index in [1.54, 1.807) is 19.1 Å². The molecule has 1 unspecified atom stereocenters. The van der Waals surface area contributed by atoms with Gasteiger partial charge in [-0.05, 0) is 49.9 Å². The van der Waals surface area contributed by atoms with Gasteiger partial charge in [-0.25, -0.2) is 0 Å². The molecule has 0 saturated carbocycles. The number of nitrogens with one attached hydrogen (secondary N) is 1.